The van der Waals surface area contributed by atoms with Crippen LogP contribution in [-0.4, -0.2) is 40.0 Å². The van der Waals surface area contributed by atoms with E-state index in [1.807, 2.05) is 43.3 Å². The van der Waals surface area contributed by atoms with E-state index in [1.54, 1.807) is 11.1 Å². The molecule has 2 aromatic heterocycles. The summed E-state index contributed by atoms with van der Waals surface area (Å²) in [5.41, 5.74) is 4.56. The van der Waals surface area contributed by atoms with Gasteiger partial charge in [0.05, 0.1) is 17.9 Å². The van der Waals surface area contributed by atoms with Crippen LogP contribution >= 0.6 is 24.8 Å². The Kier molecular flexibility index (Phi) is 8.56. The molecule has 1 saturated carbocycles. The second-order valence-corrected chi connectivity index (χ2v) is 9.24. The van der Waals surface area contributed by atoms with E-state index >= 15 is 0 Å². The van der Waals surface area contributed by atoms with Gasteiger partial charge >= 0.3 is 6.09 Å². The normalized spacial score (nSPS) is 21.1. The first-order valence-corrected chi connectivity index (χ1v) is 11.6. The highest BCUT2D eigenvalue weighted by molar-refractivity contribution is 5.90. The van der Waals surface area contributed by atoms with E-state index < -0.39 is 0 Å². The highest BCUT2D eigenvalue weighted by Crippen LogP contribution is 2.40. The van der Waals surface area contributed by atoms with Crippen LogP contribution in [0.4, 0.5) is 16.3 Å². The van der Waals surface area contributed by atoms with Crippen molar-refractivity contribution in [3.8, 4) is 11.3 Å². The van der Waals surface area contributed by atoms with Crippen LogP contribution in [0.3, 0.4) is 0 Å². The fourth-order valence-electron chi connectivity index (χ4n) is 4.87. The number of nitrogens with zero attached hydrogens (tertiary/aromatic N) is 4. The van der Waals surface area contributed by atoms with Gasteiger partial charge in [-0.2, -0.15) is 0 Å². The summed E-state index contributed by atoms with van der Waals surface area (Å²) in [6.07, 6.45) is 5.27. The van der Waals surface area contributed by atoms with E-state index in [-0.39, 0.29) is 36.5 Å². The number of ether oxygens (including phenoxy) is 1. The summed E-state index contributed by atoms with van der Waals surface area (Å²) in [6.45, 7) is 5.47. The van der Waals surface area contributed by atoms with Gasteiger partial charge in [0, 0.05) is 24.0 Å². The number of halogens is 2. The van der Waals surface area contributed by atoms with Crippen LogP contribution in [0.1, 0.15) is 36.9 Å². The Balaban J connectivity index is 0.00000171. The molecule has 5 rings (SSSR count). The molecule has 3 heterocycles. The molecule has 35 heavy (non-hydrogen) atoms. The van der Waals surface area contributed by atoms with Crippen molar-refractivity contribution in [2.45, 2.75) is 45.1 Å². The number of hydrogen-bond donors (Lipinski definition) is 1. The third-order valence-corrected chi connectivity index (χ3v) is 6.84. The maximum atomic E-state index is 12.6. The number of hydrogen-bond acceptors (Lipinski definition) is 6. The summed E-state index contributed by atoms with van der Waals surface area (Å²) in [5.74, 6) is 1.31. The molecule has 1 N–H and O–H groups in total. The lowest BCUT2D eigenvalue weighted by Gasteiger charge is -2.35. The van der Waals surface area contributed by atoms with Gasteiger partial charge in [-0.25, -0.2) is 4.79 Å². The van der Waals surface area contributed by atoms with Gasteiger partial charge in [0.2, 0.25) is 0 Å². The van der Waals surface area contributed by atoms with Gasteiger partial charge in [0.1, 0.15) is 11.4 Å². The largest absolute Gasteiger partial charge is 0.441 e. The van der Waals surface area contributed by atoms with Crippen LogP contribution in [0.2, 0.25) is 0 Å². The third kappa shape index (κ3) is 5.85. The molecular weight excluding hydrogens is 485 g/mol. The predicted molar refractivity (Wildman–Crippen MR) is 143 cm³/mol. The number of anilines is 2. The average molecular weight is 516 g/mol. The molecule has 0 bridgehead atoms. The Morgan fingerprint density at radius 1 is 1.06 bits per heavy atom. The van der Waals surface area contributed by atoms with Crippen molar-refractivity contribution in [1.82, 2.24) is 15.2 Å². The van der Waals surface area contributed by atoms with Gasteiger partial charge in [-0.3, -0.25) is 9.88 Å². The van der Waals surface area contributed by atoms with Crippen molar-refractivity contribution in [1.29, 1.82) is 0 Å². The van der Waals surface area contributed by atoms with Crippen LogP contribution in [-0.2, 0) is 4.74 Å². The van der Waals surface area contributed by atoms with Crippen molar-refractivity contribution in [3.63, 3.8) is 0 Å². The van der Waals surface area contributed by atoms with E-state index in [9.17, 15) is 4.79 Å². The van der Waals surface area contributed by atoms with Crippen LogP contribution in [0.15, 0.2) is 54.7 Å². The fourth-order valence-corrected chi connectivity index (χ4v) is 4.87. The minimum atomic E-state index is -0.375. The lowest BCUT2D eigenvalue weighted by molar-refractivity contribution is 0.0148. The summed E-state index contributed by atoms with van der Waals surface area (Å²) in [5, 5.41) is 12.2. The molecule has 3 aromatic rings. The van der Waals surface area contributed by atoms with Crippen molar-refractivity contribution < 1.29 is 9.53 Å². The summed E-state index contributed by atoms with van der Waals surface area (Å²) in [6, 6.07) is 16.0. The van der Waals surface area contributed by atoms with E-state index in [2.05, 4.69) is 39.6 Å². The monoisotopic (exact) mass is 515 g/mol. The zero-order chi connectivity index (χ0) is 22.8. The Morgan fingerprint density at radius 3 is 2.51 bits per heavy atom. The number of carbonyl (C=O) groups is 1. The van der Waals surface area contributed by atoms with Gasteiger partial charge in [-0.1, -0.05) is 24.3 Å². The van der Waals surface area contributed by atoms with E-state index in [1.165, 1.54) is 5.56 Å². The summed E-state index contributed by atoms with van der Waals surface area (Å²) in [7, 11) is 0. The maximum absolute atomic E-state index is 12.6. The quantitative estimate of drug-likeness (QED) is 0.448. The summed E-state index contributed by atoms with van der Waals surface area (Å²) in [4.78, 5) is 18.5. The zero-order valence-corrected chi connectivity index (χ0v) is 21.6. The van der Waals surface area contributed by atoms with Crippen molar-refractivity contribution in [3.05, 3.63) is 66.0 Å². The number of pyridine rings is 1. The van der Waals surface area contributed by atoms with Crippen LogP contribution in [0, 0.1) is 19.8 Å². The van der Waals surface area contributed by atoms with Crippen molar-refractivity contribution in [2.24, 2.45) is 5.92 Å². The Bertz CT molecular complexity index is 1150. The lowest BCUT2D eigenvalue weighted by atomic mass is 9.78. The molecule has 1 amide bonds. The third-order valence-electron chi connectivity index (χ3n) is 6.84. The van der Waals surface area contributed by atoms with Gasteiger partial charge in [-0.05, 0) is 75.3 Å². The molecule has 1 aliphatic carbocycles. The lowest BCUT2D eigenvalue weighted by Crippen LogP contribution is -2.39. The molecule has 0 unspecified atom stereocenters. The number of amides is 1. The summed E-state index contributed by atoms with van der Waals surface area (Å²) < 4.78 is 5.90. The first-order chi connectivity index (χ1) is 16.0. The molecule has 9 heteroatoms. The highest BCUT2D eigenvalue weighted by atomic mass is 35.5. The second kappa shape index (κ2) is 11.2. The molecule has 1 saturated heterocycles. The number of benzene rings is 1. The predicted octanol–water partition coefficient (Wildman–Crippen LogP) is 6.00. The minimum absolute atomic E-state index is 0. The van der Waals surface area contributed by atoms with E-state index in [0.717, 1.165) is 60.7 Å². The zero-order valence-electron chi connectivity index (χ0n) is 19.9. The maximum Gasteiger partial charge on any atom is 0.415 e. The Morgan fingerprint density at radius 2 is 1.83 bits per heavy atom. The van der Waals surface area contributed by atoms with E-state index in [4.69, 9.17) is 4.74 Å². The topological polar surface area (TPSA) is 80.2 Å². The van der Waals surface area contributed by atoms with Crippen LogP contribution in [0.25, 0.3) is 11.3 Å². The van der Waals surface area contributed by atoms with Gasteiger partial charge < -0.3 is 10.1 Å². The molecule has 2 aliphatic rings. The Labute approximate surface area is 218 Å². The van der Waals surface area contributed by atoms with Crippen LogP contribution in [0.5, 0.6) is 0 Å². The number of aromatic nitrogens is 3. The van der Waals surface area contributed by atoms with Crippen LogP contribution < -0.4 is 10.2 Å². The molecule has 0 radical (unpaired) electrons. The highest BCUT2D eigenvalue weighted by Gasteiger charge is 2.47. The fraction of sp³-hybridized carbons (Fsp3) is 0.385. The molecular formula is C26H31Cl2N5O2. The molecule has 0 atom stereocenters. The second-order valence-electron chi connectivity index (χ2n) is 9.24. The minimum Gasteiger partial charge on any atom is -0.441 e. The van der Waals surface area contributed by atoms with Gasteiger partial charge in [-0.15, -0.1) is 35.0 Å². The standard InChI is InChI=1S/C26H29N5O2.2ClH/c1-18-5-3-4-6-22(18)23-7-8-24(30-29-23)28-16-20-9-12-26(13-10-20)17-31(25(32)33-26)21-11-14-27-19(2)15-21;;/h3-8,11,14-15,20H,9-10,12-13,16-17H2,1-2H3,(H,28,30);2*1H. The molecule has 1 spiro atoms. The molecule has 2 fully saturated rings. The number of rotatable bonds is 5. The number of carbonyl (C=O) groups excluding carboxylic acids is 1. The number of aryl methyl sites for hydroxylation is 2. The first kappa shape index (κ1) is 26.7. The molecule has 1 aromatic carbocycles. The average Bonchev–Trinajstić information content (AvgIpc) is 3.15. The number of nitrogens with one attached hydrogen (secondary N) is 1. The molecule has 1 aliphatic heterocycles. The first-order valence-electron chi connectivity index (χ1n) is 11.6. The van der Waals surface area contributed by atoms with Crippen molar-refractivity contribution in [2.75, 3.05) is 23.3 Å². The molecule has 186 valence electrons. The smallest absolute Gasteiger partial charge is 0.415 e. The van der Waals surface area contributed by atoms with E-state index in [0.29, 0.717) is 12.5 Å². The molecule has 7 nitrogen and oxygen atoms in total. The van der Waals surface area contributed by atoms with Crippen molar-refractivity contribution >= 4 is 42.4 Å². The summed E-state index contributed by atoms with van der Waals surface area (Å²) >= 11 is 0. The SMILES string of the molecule is Cc1cc(N2CC3(CCC(CNc4ccc(-c5ccccc5C)nn4)CC3)OC2=O)ccn1.Cl.Cl. The van der Waals surface area contributed by atoms with Gasteiger partial charge in [0.15, 0.2) is 0 Å². The Hall–Kier alpha value is -2.90. The van der Waals surface area contributed by atoms with Gasteiger partial charge in [0.25, 0.3) is 0 Å².